The molecule has 2 aliphatic rings. The molecule has 0 saturated heterocycles. The second kappa shape index (κ2) is 7.11. The minimum absolute atomic E-state index is 0.127. The summed E-state index contributed by atoms with van der Waals surface area (Å²) in [7, 11) is 0. The Morgan fingerprint density at radius 3 is 2.65 bits per heavy atom. The third-order valence-corrected chi connectivity index (χ3v) is 5.65. The van der Waals surface area contributed by atoms with E-state index in [-0.39, 0.29) is 29.3 Å². The topological polar surface area (TPSA) is 49.4 Å². The number of thioether (sulfide) groups is 1. The zero-order valence-corrected chi connectivity index (χ0v) is 15.0. The number of amides is 2. The van der Waals surface area contributed by atoms with Crippen molar-refractivity contribution in [2.75, 3.05) is 22.5 Å². The first-order chi connectivity index (χ1) is 12.6. The lowest BCUT2D eigenvalue weighted by Gasteiger charge is -2.18. The van der Waals surface area contributed by atoms with E-state index in [1.54, 1.807) is 12.1 Å². The van der Waals surface area contributed by atoms with Gasteiger partial charge in [0, 0.05) is 28.7 Å². The van der Waals surface area contributed by atoms with Gasteiger partial charge in [-0.25, -0.2) is 4.39 Å². The quantitative estimate of drug-likeness (QED) is 0.813. The van der Waals surface area contributed by atoms with Gasteiger partial charge >= 0.3 is 0 Å². The molecule has 4 rings (SSSR count). The summed E-state index contributed by atoms with van der Waals surface area (Å²) in [5.41, 5.74) is 2.77. The Morgan fingerprint density at radius 1 is 1.15 bits per heavy atom. The van der Waals surface area contributed by atoms with Gasteiger partial charge in [0.1, 0.15) is 5.82 Å². The van der Waals surface area contributed by atoms with E-state index in [2.05, 4.69) is 5.32 Å². The first-order valence-electron chi connectivity index (χ1n) is 8.73. The molecule has 0 unspecified atom stereocenters. The van der Waals surface area contributed by atoms with Crippen LogP contribution in [-0.2, 0) is 16.0 Å². The molecular weight excluding hydrogens is 351 g/mol. The molecule has 134 valence electrons. The largest absolute Gasteiger partial charge is 0.325 e. The number of halogens is 1. The summed E-state index contributed by atoms with van der Waals surface area (Å²) in [5, 5.41) is 2.89. The highest BCUT2D eigenvalue weighted by Gasteiger charge is 2.36. The van der Waals surface area contributed by atoms with Gasteiger partial charge in [-0.2, -0.15) is 0 Å². The third kappa shape index (κ3) is 3.75. The summed E-state index contributed by atoms with van der Waals surface area (Å²) in [6, 6.07) is 11.8. The molecule has 1 saturated carbocycles. The van der Waals surface area contributed by atoms with E-state index < -0.39 is 0 Å². The summed E-state index contributed by atoms with van der Waals surface area (Å²) in [5.74, 6) is 0.220. The first-order valence-corrected chi connectivity index (χ1v) is 9.71. The van der Waals surface area contributed by atoms with E-state index in [0.29, 0.717) is 5.69 Å². The molecule has 6 heteroatoms. The van der Waals surface area contributed by atoms with Crippen molar-refractivity contribution in [1.29, 1.82) is 0 Å². The number of hydrogen-bond acceptors (Lipinski definition) is 3. The van der Waals surface area contributed by atoms with Gasteiger partial charge in [-0.1, -0.05) is 6.07 Å². The molecule has 26 heavy (non-hydrogen) atoms. The average molecular weight is 370 g/mol. The number of nitrogens with zero attached hydrogens (tertiary/aromatic N) is 1. The maximum absolute atomic E-state index is 12.9. The van der Waals surface area contributed by atoms with Crippen molar-refractivity contribution in [3.8, 4) is 0 Å². The zero-order valence-electron chi connectivity index (χ0n) is 14.2. The highest BCUT2D eigenvalue weighted by Crippen LogP contribution is 2.37. The Bertz CT molecular complexity index is 849. The van der Waals surface area contributed by atoms with Gasteiger partial charge in [-0.15, -0.1) is 11.8 Å². The molecule has 1 aliphatic carbocycles. The summed E-state index contributed by atoms with van der Waals surface area (Å²) < 4.78 is 12.9. The number of carbonyl (C=O) groups excluding carboxylic acids is 2. The number of anilines is 2. The van der Waals surface area contributed by atoms with E-state index in [9.17, 15) is 14.0 Å². The lowest BCUT2D eigenvalue weighted by atomic mass is 10.1. The smallest absolute Gasteiger partial charge is 0.234 e. The highest BCUT2D eigenvalue weighted by molar-refractivity contribution is 8.00. The van der Waals surface area contributed by atoms with Crippen molar-refractivity contribution in [2.24, 2.45) is 5.92 Å². The molecular formula is C20H19FN2O2S. The van der Waals surface area contributed by atoms with Gasteiger partial charge in [0.25, 0.3) is 0 Å². The van der Waals surface area contributed by atoms with Crippen molar-refractivity contribution in [2.45, 2.75) is 24.2 Å². The maximum Gasteiger partial charge on any atom is 0.234 e. The minimum atomic E-state index is -0.290. The van der Waals surface area contributed by atoms with Crippen LogP contribution in [0.1, 0.15) is 18.4 Å². The normalized spacial score (nSPS) is 15.7. The van der Waals surface area contributed by atoms with Gasteiger partial charge in [0.15, 0.2) is 0 Å². The molecule has 0 spiro atoms. The van der Waals surface area contributed by atoms with Crippen LogP contribution in [-0.4, -0.2) is 24.1 Å². The summed E-state index contributed by atoms with van der Waals surface area (Å²) in [6.45, 7) is 0.725. The van der Waals surface area contributed by atoms with E-state index in [1.807, 2.05) is 23.1 Å². The Balaban J connectivity index is 1.39. The summed E-state index contributed by atoms with van der Waals surface area (Å²) >= 11 is 1.36. The van der Waals surface area contributed by atoms with E-state index >= 15 is 0 Å². The first kappa shape index (κ1) is 17.1. The van der Waals surface area contributed by atoms with E-state index in [0.717, 1.165) is 42.0 Å². The SMILES string of the molecule is O=C(CSc1ccc(F)cc1)Nc1ccc2c(c1)N(C(=O)C1CC1)CC2. The fourth-order valence-electron chi connectivity index (χ4n) is 3.11. The Kier molecular flexibility index (Phi) is 4.68. The molecule has 2 amide bonds. The predicted molar refractivity (Wildman–Crippen MR) is 101 cm³/mol. The third-order valence-electron chi connectivity index (χ3n) is 4.64. The summed E-state index contributed by atoms with van der Waals surface area (Å²) in [4.78, 5) is 27.3. The van der Waals surface area contributed by atoms with Crippen LogP contribution in [0.15, 0.2) is 47.4 Å². The van der Waals surface area contributed by atoms with Crippen LogP contribution in [0, 0.1) is 11.7 Å². The van der Waals surface area contributed by atoms with Crippen molar-refractivity contribution >= 4 is 35.0 Å². The highest BCUT2D eigenvalue weighted by atomic mass is 32.2. The molecule has 0 atom stereocenters. The number of rotatable bonds is 5. The second-order valence-corrected chi connectivity index (χ2v) is 7.70. The van der Waals surface area contributed by atoms with Crippen molar-refractivity contribution in [3.63, 3.8) is 0 Å². The number of nitrogens with one attached hydrogen (secondary N) is 1. The van der Waals surface area contributed by atoms with Crippen molar-refractivity contribution in [1.82, 2.24) is 0 Å². The molecule has 4 nitrogen and oxygen atoms in total. The molecule has 1 N–H and O–H groups in total. The molecule has 0 bridgehead atoms. The Labute approximate surface area is 155 Å². The van der Waals surface area contributed by atoms with Crippen molar-refractivity contribution in [3.05, 3.63) is 53.8 Å². The lowest BCUT2D eigenvalue weighted by Crippen LogP contribution is -2.30. The number of hydrogen-bond donors (Lipinski definition) is 1. The van der Waals surface area contributed by atoms with Crippen LogP contribution < -0.4 is 10.2 Å². The minimum Gasteiger partial charge on any atom is -0.325 e. The molecule has 2 aromatic rings. The van der Waals surface area contributed by atoms with Gasteiger partial charge in [0.2, 0.25) is 11.8 Å². The van der Waals surface area contributed by atoms with Crippen LogP contribution >= 0.6 is 11.8 Å². The van der Waals surface area contributed by atoms with Gasteiger partial charge < -0.3 is 10.2 Å². The predicted octanol–water partition coefficient (Wildman–Crippen LogP) is 3.86. The number of benzene rings is 2. The van der Waals surface area contributed by atoms with Gasteiger partial charge in [-0.3, -0.25) is 9.59 Å². The zero-order chi connectivity index (χ0) is 18.1. The molecule has 2 aromatic carbocycles. The maximum atomic E-state index is 12.9. The molecule has 1 aliphatic heterocycles. The fourth-order valence-corrected chi connectivity index (χ4v) is 3.81. The Hall–Kier alpha value is -2.34. The van der Waals surface area contributed by atoms with Crippen molar-refractivity contribution < 1.29 is 14.0 Å². The van der Waals surface area contributed by atoms with Crippen LogP contribution in [0.2, 0.25) is 0 Å². The second-order valence-electron chi connectivity index (χ2n) is 6.65. The molecule has 1 heterocycles. The van der Waals surface area contributed by atoms with E-state index in [1.165, 1.54) is 23.9 Å². The summed E-state index contributed by atoms with van der Waals surface area (Å²) in [6.07, 6.45) is 2.84. The monoisotopic (exact) mass is 370 g/mol. The molecule has 0 radical (unpaired) electrons. The standard InChI is InChI=1S/C20H19FN2O2S/c21-15-4-7-17(8-5-15)26-12-19(24)22-16-6-3-13-9-10-23(18(13)11-16)20(25)14-1-2-14/h3-8,11,14H,1-2,9-10,12H2,(H,22,24). The van der Waals surface area contributed by atoms with Crippen LogP contribution in [0.25, 0.3) is 0 Å². The van der Waals surface area contributed by atoms with Crippen LogP contribution in [0.3, 0.4) is 0 Å². The van der Waals surface area contributed by atoms with Gasteiger partial charge in [-0.05, 0) is 61.2 Å². The number of fused-ring (bicyclic) bond motifs is 1. The van der Waals surface area contributed by atoms with E-state index in [4.69, 9.17) is 0 Å². The molecule has 1 fully saturated rings. The van der Waals surface area contributed by atoms with Crippen LogP contribution in [0.5, 0.6) is 0 Å². The fraction of sp³-hybridized carbons (Fsp3) is 0.300. The van der Waals surface area contributed by atoms with Crippen LogP contribution in [0.4, 0.5) is 15.8 Å². The van der Waals surface area contributed by atoms with Gasteiger partial charge in [0.05, 0.1) is 5.75 Å². The molecule has 0 aromatic heterocycles. The average Bonchev–Trinajstić information content (AvgIpc) is 3.41. The Morgan fingerprint density at radius 2 is 1.92 bits per heavy atom. The lowest BCUT2D eigenvalue weighted by molar-refractivity contribution is -0.119. The number of carbonyl (C=O) groups is 2.